The van der Waals surface area contributed by atoms with Crippen molar-refractivity contribution in [3.63, 3.8) is 0 Å². The summed E-state index contributed by atoms with van der Waals surface area (Å²) in [6.45, 7) is 2.85. The number of nitrogens with zero attached hydrogens (tertiary/aromatic N) is 2. The lowest BCUT2D eigenvalue weighted by Crippen LogP contribution is -2.17. The molecule has 1 aromatic heterocycles. The Labute approximate surface area is 173 Å². The van der Waals surface area contributed by atoms with Gasteiger partial charge in [-0.15, -0.1) is 6.42 Å². The van der Waals surface area contributed by atoms with Gasteiger partial charge in [0.05, 0.1) is 44.0 Å². The van der Waals surface area contributed by atoms with E-state index in [0.717, 1.165) is 21.5 Å². The normalized spacial score (nSPS) is 11.3. The van der Waals surface area contributed by atoms with E-state index in [1.807, 2.05) is 35.8 Å². The predicted molar refractivity (Wildman–Crippen MR) is 114 cm³/mol. The van der Waals surface area contributed by atoms with E-state index >= 15 is 0 Å². The summed E-state index contributed by atoms with van der Waals surface area (Å²) in [4.78, 5) is 17.5. The number of methoxy groups -OCH3 is 2. The van der Waals surface area contributed by atoms with Crippen LogP contribution in [-0.4, -0.2) is 31.3 Å². The fourth-order valence-corrected chi connectivity index (χ4v) is 4.03. The first-order chi connectivity index (χ1) is 14.1. The summed E-state index contributed by atoms with van der Waals surface area (Å²) in [6, 6.07) is 11.1. The first-order valence-electron chi connectivity index (χ1n) is 9.07. The minimum atomic E-state index is -0.264. The van der Waals surface area contributed by atoms with E-state index < -0.39 is 0 Å². The summed E-state index contributed by atoms with van der Waals surface area (Å²) in [5.74, 6) is 4.33. The van der Waals surface area contributed by atoms with E-state index in [1.165, 1.54) is 11.3 Å². The highest BCUT2D eigenvalue weighted by Crippen LogP contribution is 2.28. The Hall–Kier alpha value is -3.24. The maximum atomic E-state index is 12.6. The minimum Gasteiger partial charge on any atom is -0.494 e. The van der Waals surface area contributed by atoms with Gasteiger partial charge < -0.3 is 18.8 Å². The minimum absolute atomic E-state index is 0.148. The summed E-state index contributed by atoms with van der Waals surface area (Å²) >= 11 is 1.41. The van der Waals surface area contributed by atoms with Crippen molar-refractivity contribution < 1.29 is 19.0 Å². The molecule has 0 aliphatic heterocycles. The summed E-state index contributed by atoms with van der Waals surface area (Å²) in [7, 11) is 3.13. The maximum absolute atomic E-state index is 12.6. The van der Waals surface area contributed by atoms with Crippen molar-refractivity contribution in [1.29, 1.82) is 0 Å². The molecule has 0 aliphatic carbocycles. The maximum Gasteiger partial charge on any atom is 0.252 e. The van der Waals surface area contributed by atoms with Gasteiger partial charge in [0, 0.05) is 0 Å². The number of fused-ring (bicyclic) bond motifs is 1. The van der Waals surface area contributed by atoms with Gasteiger partial charge in [-0.3, -0.25) is 4.79 Å². The lowest BCUT2D eigenvalue weighted by atomic mass is 10.1. The van der Waals surface area contributed by atoms with E-state index in [-0.39, 0.29) is 12.3 Å². The van der Waals surface area contributed by atoms with Crippen LogP contribution in [0.5, 0.6) is 17.2 Å². The van der Waals surface area contributed by atoms with Crippen LogP contribution < -0.4 is 19.0 Å². The number of carbonyl (C=O) groups is 1. The fraction of sp³-hybridized carbons (Fsp3) is 0.273. The smallest absolute Gasteiger partial charge is 0.252 e. The topological polar surface area (TPSA) is 62.1 Å². The first kappa shape index (κ1) is 20.5. The number of hydrogen-bond donors (Lipinski definition) is 0. The Morgan fingerprint density at radius 3 is 2.66 bits per heavy atom. The molecule has 0 spiro atoms. The number of carbonyl (C=O) groups excluding carboxylic acids is 1. The number of aromatic nitrogens is 1. The van der Waals surface area contributed by atoms with E-state index in [9.17, 15) is 4.79 Å². The van der Waals surface area contributed by atoms with Gasteiger partial charge in [0.25, 0.3) is 5.91 Å². The lowest BCUT2D eigenvalue weighted by molar-refractivity contribution is -0.117. The standard InChI is InChI=1S/C22H22N2O4S/c1-5-11-24-17-9-8-16(28-6-2)14-20(17)29-22(24)23-21(25)13-15-7-10-18(26-3)19(12-15)27-4/h1,7-10,12,14H,6,11,13H2,2-4H3. The van der Waals surface area contributed by atoms with Gasteiger partial charge in [-0.1, -0.05) is 23.3 Å². The average molecular weight is 410 g/mol. The highest BCUT2D eigenvalue weighted by molar-refractivity contribution is 7.16. The van der Waals surface area contributed by atoms with Crippen molar-refractivity contribution in [3.05, 3.63) is 46.8 Å². The van der Waals surface area contributed by atoms with Crippen molar-refractivity contribution in [2.75, 3.05) is 20.8 Å². The molecule has 0 saturated heterocycles. The van der Waals surface area contributed by atoms with Crippen molar-refractivity contribution in [2.45, 2.75) is 19.9 Å². The van der Waals surface area contributed by atoms with Crippen LogP contribution in [0, 0.1) is 12.3 Å². The van der Waals surface area contributed by atoms with Crippen LogP contribution in [0.4, 0.5) is 0 Å². The number of amides is 1. The lowest BCUT2D eigenvalue weighted by Gasteiger charge is -2.08. The van der Waals surface area contributed by atoms with Crippen molar-refractivity contribution in [3.8, 4) is 29.6 Å². The third-order valence-electron chi connectivity index (χ3n) is 4.24. The molecule has 0 unspecified atom stereocenters. The van der Waals surface area contributed by atoms with Crippen LogP contribution >= 0.6 is 11.3 Å². The monoisotopic (exact) mass is 410 g/mol. The molecule has 2 aromatic carbocycles. The summed E-state index contributed by atoms with van der Waals surface area (Å²) in [5.41, 5.74) is 1.72. The zero-order chi connectivity index (χ0) is 20.8. The summed E-state index contributed by atoms with van der Waals surface area (Å²) in [5, 5.41) is 0. The highest BCUT2D eigenvalue weighted by atomic mass is 32.1. The molecule has 1 heterocycles. The van der Waals surface area contributed by atoms with Crippen LogP contribution in [0.2, 0.25) is 0 Å². The Bertz CT molecular complexity index is 1140. The average Bonchev–Trinajstić information content (AvgIpc) is 3.04. The largest absolute Gasteiger partial charge is 0.494 e. The number of hydrogen-bond acceptors (Lipinski definition) is 5. The fourth-order valence-electron chi connectivity index (χ4n) is 2.95. The van der Waals surface area contributed by atoms with Gasteiger partial charge in [0.15, 0.2) is 16.3 Å². The third-order valence-corrected chi connectivity index (χ3v) is 5.28. The van der Waals surface area contributed by atoms with Crippen LogP contribution in [0.15, 0.2) is 41.4 Å². The van der Waals surface area contributed by atoms with E-state index in [2.05, 4.69) is 10.9 Å². The molecule has 0 atom stereocenters. The Morgan fingerprint density at radius 2 is 1.97 bits per heavy atom. The van der Waals surface area contributed by atoms with E-state index in [1.54, 1.807) is 26.4 Å². The second kappa shape index (κ2) is 9.30. The molecule has 150 valence electrons. The number of rotatable bonds is 7. The second-order valence-electron chi connectivity index (χ2n) is 6.11. The van der Waals surface area contributed by atoms with Crippen LogP contribution in [0.3, 0.4) is 0 Å². The van der Waals surface area contributed by atoms with Gasteiger partial charge >= 0.3 is 0 Å². The van der Waals surface area contributed by atoms with Crippen molar-refractivity contribution >= 4 is 27.5 Å². The molecule has 29 heavy (non-hydrogen) atoms. The zero-order valence-corrected chi connectivity index (χ0v) is 17.4. The summed E-state index contributed by atoms with van der Waals surface area (Å²) in [6.07, 6.45) is 5.68. The molecular formula is C22H22N2O4S. The van der Waals surface area contributed by atoms with E-state index in [4.69, 9.17) is 20.6 Å². The third kappa shape index (κ3) is 4.61. The van der Waals surface area contributed by atoms with Crippen LogP contribution in [0.1, 0.15) is 12.5 Å². The second-order valence-corrected chi connectivity index (χ2v) is 7.12. The molecule has 3 aromatic rings. The van der Waals surface area contributed by atoms with Gasteiger partial charge in [-0.25, -0.2) is 0 Å². The van der Waals surface area contributed by atoms with Crippen LogP contribution in [0.25, 0.3) is 10.2 Å². The molecule has 3 rings (SSSR count). The number of benzene rings is 2. The molecule has 7 heteroatoms. The first-order valence-corrected chi connectivity index (χ1v) is 9.89. The van der Waals surface area contributed by atoms with Crippen molar-refractivity contribution in [1.82, 2.24) is 4.57 Å². The molecule has 6 nitrogen and oxygen atoms in total. The SMILES string of the molecule is C#CCn1c(=NC(=O)Cc2ccc(OC)c(OC)c2)sc2cc(OCC)ccc21. The Kier molecular flexibility index (Phi) is 6.57. The number of ether oxygens (including phenoxy) is 3. The predicted octanol–water partition coefficient (Wildman–Crippen LogP) is 3.42. The Morgan fingerprint density at radius 1 is 1.17 bits per heavy atom. The molecule has 0 bridgehead atoms. The van der Waals surface area contributed by atoms with Crippen molar-refractivity contribution in [2.24, 2.45) is 4.99 Å². The highest BCUT2D eigenvalue weighted by Gasteiger charge is 2.11. The quantitative estimate of drug-likeness (QED) is 0.560. The molecular weight excluding hydrogens is 388 g/mol. The molecule has 0 aliphatic rings. The van der Waals surface area contributed by atoms with Gasteiger partial charge in [-0.2, -0.15) is 4.99 Å². The van der Waals surface area contributed by atoms with Gasteiger partial charge in [0.2, 0.25) is 0 Å². The van der Waals surface area contributed by atoms with Gasteiger partial charge in [-0.05, 0) is 42.8 Å². The Balaban J connectivity index is 1.95. The number of thiazole rings is 1. The van der Waals surface area contributed by atoms with Gasteiger partial charge in [0.1, 0.15) is 5.75 Å². The number of terminal acetylenes is 1. The van der Waals surface area contributed by atoms with E-state index in [0.29, 0.717) is 29.5 Å². The summed E-state index contributed by atoms with van der Waals surface area (Å²) < 4.78 is 18.9. The molecule has 0 saturated carbocycles. The molecule has 0 N–H and O–H groups in total. The molecule has 1 amide bonds. The molecule has 0 radical (unpaired) electrons. The molecule has 0 fully saturated rings. The zero-order valence-electron chi connectivity index (χ0n) is 16.6. The van der Waals surface area contributed by atoms with Crippen LogP contribution in [-0.2, 0) is 17.8 Å².